The zero-order valence-corrected chi connectivity index (χ0v) is 13.2. The minimum absolute atomic E-state index is 0.195. The number of amides is 1. The highest BCUT2D eigenvalue weighted by atomic mass is 32.2. The number of nitrogens with zero attached hydrogens (tertiary/aromatic N) is 1. The van der Waals surface area contributed by atoms with Crippen LogP contribution in [0.1, 0.15) is 25.7 Å². The summed E-state index contributed by atoms with van der Waals surface area (Å²) < 4.78 is 0. The lowest BCUT2D eigenvalue weighted by Crippen LogP contribution is -2.34. The molecule has 21 heavy (non-hydrogen) atoms. The quantitative estimate of drug-likeness (QED) is 0.870. The molecule has 2 fully saturated rings. The number of benzene rings is 1. The Labute approximate surface area is 131 Å². The highest BCUT2D eigenvalue weighted by Gasteiger charge is 2.34. The fourth-order valence-electron chi connectivity index (χ4n) is 3.40. The maximum atomic E-state index is 12.5. The first-order chi connectivity index (χ1) is 10.2. The number of likely N-dealkylation sites (tertiary alicyclic amines) is 1. The third kappa shape index (κ3) is 3.80. The Balaban J connectivity index is 1.46. The summed E-state index contributed by atoms with van der Waals surface area (Å²) in [6.45, 7) is 1.87. The smallest absolute Gasteiger partial charge is 0.225 e. The molecule has 3 nitrogen and oxygen atoms in total. The highest BCUT2D eigenvalue weighted by molar-refractivity contribution is 7.99. The van der Waals surface area contributed by atoms with Crippen molar-refractivity contribution in [2.24, 2.45) is 17.6 Å². The number of hydrogen-bond donors (Lipinski definition) is 1. The van der Waals surface area contributed by atoms with Gasteiger partial charge in [0.15, 0.2) is 0 Å². The van der Waals surface area contributed by atoms with Gasteiger partial charge in [0.05, 0.1) is 0 Å². The van der Waals surface area contributed by atoms with Crippen molar-refractivity contribution in [2.45, 2.75) is 36.6 Å². The molecule has 1 heterocycles. The standard InChI is InChI=1S/C17H24N2OS/c18-15-7-6-14(10-15)17(20)19-9-8-13(11-19)12-21-16-4-2-1-3-5-16/h1-5,13-15H,6-12,18H2. The summed E-state index contributed by atoms with van der Waals surface area (Å²) in [5.74, 6) is 2.29. The number of thioether (sulfide) groups is 1. The molecule has 114 valence electrons. The summed E-state index contributed by atoms with van der Waals surface area (Å²) in [7, 11) is 0. The molecule has 0 radical (unpaired) electrons. The van der Waals surface area contributed by atoms with Crippen LogP contribution < -0.4 is 5.73 Å². The second-order valence-corrected chi connectivity index (χ2v) is 7.43. The Hall–Kier alpha value is -1.00. The molecule has 0 aromatic heterocycles. The SMILES string of the molecule is NC1CCC(C(=O)N2CCC(CSc3ccccc3)C2)C1. The molecule has 2 N–H and O–H groups in total. The van der Waals surface area contributed by atoms with E-state index < -0.39 is 0 Å². The van der Waals surface area contributed by atoms with Crippen LogP contribution >= 0.6 is 11.8 Å². The van der Waals surface area contributed by atoms with Gasteiger partial charge in [0.1, 0.15) is 0 Å². The van der Waals surface area contributed by atoms with Crippen LogP contribution in [0.3, 0.4) is 0 Å². The van der Waals surface area contributed by atoms with Gasteiger partial charge in [-0.3, -0.25) is 4.79 Å². The molecule has 1 saturated carbocycles. The molecule has 3 unspecified atom stereocenters. The van der Waals surface area contributed by atoms with E-state index in [1.807, 2.05) is 17.8 Å². The van der Waals surface area contributed by atoms with E-state index >= 15 is 0 Å². The van der Waals surface area contributed by atoms with E-state index in [1.54, 1.807) is 0 Å². The molecule has 1 aliphatic carbocycles. The van der Waals surface area contributed by atoms with Crippen LogP contribution in [0.4, 0.5) is 0 Å². The van der Waals surface area contributed by atoms with Crippen molar-refractivity contribution in [2.75, 3.05) is 18.8 Å². The molecule has 3 rings (SSSR count). The van der Waals surface area contributed by atoms with E-state index in [9.17, 15) is 4.79 Å². The van der Waals surface area contributed by atoms with Crippen LogP contribution in [0.5, 0.6) is 0 Å². The van der Waals surface area contributed by atoms with E-state index in [0.29, 0.717) is 11.8 Å². The van der Waals surface area contributed by atoms with Gasteiger partial charge < -0.3 is 10.6 Å². The Bertz CT molecular complexity index is 479. The van der Waals surface area contributed by atoms with Crippen LogP contribution in [-0.2, 0) is 4.79 Å². The number of carbonyl (C=O) groups excluding carboxylic acids is 1. The summed E-state index contributed by atoms with van der Waals surface area (Å²) >= 11 is 1.91. The summed E-state index contributed by atoms with van der Waals surface area (Å²) in [5.41, 5.74) is 5.93. The Morgan fingerprint density at radius 1 is 1.24 bits per heavy atom. The van der Waals surface area contributed by atoms with Crippen molar-refractivity contribution in [1.82, 2.24) is 4.90 Å². The lowest BCUT2D eigenvalue weighted by atomic mass is 10.1. The molecule has 1 aromatic carbocycles. The largest absolute Gasteiger partial charge is 0.342 e. The molecule has 0 bridgehead atoms. The molecule has 3 atom stereocenters. The van der Waals surface area contributed by atoms with Crippen LogP contribution in [0.25, 0.3) is 0 Å². The van der Waals surface area contributed by atoms with Crippen molar-refractivity contribution in [3.05, 3.63) is 30.3 Å². The highest BCUT2D eigenvalue weighted by Crippen LogP contribution is 2.30. The topological polar surface area (TPSA) is 46.3 Å². The lowest BCUT2D eigenvalue weighted by Gasteiger charge is -2.20. The van der Waals surface area contributed by atoms with E-state index in [-0.39, 0.29) is 12.0 Å². The lowest BCUT2D eigenvalue weighted by molar-refractivity contribution is -0.134. The molecule has 1 amide bonds. The molecule has 2 aliphatic rings. The molecular weight excluding hydrogens is 280 g/mol. The van der Waals surface area contributed by atoms with Crippen LogP contribution in [-0.4, -0.2) is 35.7 Å². The van der Waals surface area contributed by atoms with Crippen molar-refractivity contribution in [1.29, 1.82) is 0 Å². The van der Waals surface area contributed by atoms with Gasteiger partial charge in [0.2, 0.25) is 5.91 Å². The van der Waals surface area contributed by atoms with E-state index in [4.69, 9.17) is 5.73 Å². The van der Waals surface area contributed by atoms with Gasteiger partial charge in [-0.25, -0.2) is 0 Å². The third-order valence-electron chi connectivity index (χ3n) is 4.65. The summed E-state index contributed by atoms with van der Waals surface area (Å²) in [6, 6.07) is 10.8. The first-order valence-electron chi connectivity index (χ1n) is 7.94. The van der Waals surface area contributed by atoms with Crippen LogP contribution in [0.15, 0.2) is 35.2 Å². The van der Waals surface area contributed by atoms with E-state index in [0.717, 1.165) is 44.5 Å². The van der Waals surface area contributed by atoms with Gasteiger partial charge in [-0.15, -0.1) is 11.8 Å². The molecule has 1 aromatic rings. The van der Waals surface area contributed by atoms with Crippen molar-refractivity contribution in [3.8, 4) is 0 Å². The van der Waals surface area contributed by atoms with Crippen molar-refractivity contribution in [3.63, 3.8) is 0 Å². The van der Waals surface area contributed by atoms with Gasteiger partial charge >= 0.3 is 0 Å². The molecule has 1 saturated heterocycles. The second kappa shape index (κ2) is 6.84. The zero-order valence-electron chi connectivity index (χ0n) is 12.4. The Morgan fingerprint density at radius 2 is 2.05 bits per heavy atom. The molecule has 1 aliphatic heterocycles. The van der Waals surface area contributed by atoms with Crippen molar-refractivity contribution < 1.29 is 4.79 Å². The van der Waals surface area contributed by atoms with Gasteiger partial charge in [0, 0.05) is 35.7 Å². The minimum Gasteiger partial charge on any atom is -0.342 e. The maximum Gasteiger partial charge on any atom is 0.225 e. The van der Waals surface area contributed by atoms with Gasteiger partial charge in [-0.05, 0) is 43.7 Å². The normalized spacial score (nSPS) is 29.0. The van der Waals surface area contributed by atoms with Crippen molar-refractivity contribution >= 4 is 17.7 Å². The average molecular weight is 304 g/mol. The first kappa shape index (κ1) is 14.9. The predicted octanol–water partition coefficient (Wildman–Crippen LogP) is 2.75. The zero-order chi connectivity index (χ0) is 14.7. The predicted molar refractivity (Wildman–Crippen MR) is 87.2 cm³/mol. The third-order valence-corrected chi connectivity index (χ3v) is 5.89. The summed E-state index contributed by atoms with van der Waals surface area (Å²) in [6.07, 6.45) is 4.03. The molecule has 4 heteroatoms. The van der Waals surface area contributed by atoms with E-state index in [2.05, 4.69) is 29.2 Å². The Morgan fingerprint density at radius 3 is 2.76 bits per heavy atom. The second-order valence-electron chi connectivity index (χ2n) is 6.33. The van der Waals surface area contributed by atoms with Gasteiger partial charge in [0.25, 0.3) is 0 Å². The number of rotatable bonds is 4. The van der Waals surface area contributed by atoms with Crippen LogP contribution in [0.2, 0.25) is 0 Å². The van der Waals surface area contributed by atoms with Gasteiger partial charge in [-0.1, -0.05) is 18.2 Å². The monoisotopic (exact) mass is 304 g/mol. The minimum atomic E-state index is 0.195. The fourth-order valence-corrected chi connectivity index (χ4v) is 4.45. The van der Waals surface area contributed by atoms with E-state index in [1.165, 1.54) is 4.90 Å². The van der Waals surface area contributed by atoms with Crippen LogP contribution in [0, 0.1) is 11.8 Å². The van der Waals surface area contributed by atoms with Gasteiger partial charge in [-0.2, -0.15) is 0 Å². The number of carbonyl (C=O) groups is 1. The first-order valence-corrected chi connectivity index (χ1v) is 8.93. The summed E-state index contributed by atoms with van der Waals surface area (Å²) in [4.78, 5) is 15.9. The number of hydrogen-bond acceptors (Lipinski definition) is 3. The number of nitrogens with two attached hydrogens (primary N) is 1. The fraction of sp³-hybridized carbons (Fsp3) is 0.588. The average Bonchev–Trinajstić information content (AvgIpc) is 3.14. The maximum absolute atomic E-state index is 12.5. The Kier molecular flexibility index (Phi) is 4.86. The summed E-state index contributed by atoms with van der Waals surface area (Å²) in [5, 5.41) is 0. The molecular formula is C17H24N2OS. The molecule has 0 spiro atoms.